The van der Waals surface area contributed by atoms with Crippen LogP contribution in [0.5, 0.6) is 0 Å². The molecule has 0 aromatic carbocycles. The molecule has 0 spiro atoms. The van der Waals surface area contributed by atoms with Crippen LogP contribution in [0.25, 0.3) is 0 Å². The Morgan fingerprint density at radius 3 is 2.65 bits per heavy atom. The highest BCUT2D eigenvalue weighted by atomic mass is 31.2. The third-order valence-electron chi connectivity index (χ3n) is 3.31. The molecule has 3 atom stereocenters. The van der Waals surface area contributed by atoms with E-state index in [1.807, 2.05) is 0 Å². The molecule has 0 aliphatic heterocycles. The van der Waals surface area contributed by atoms with Gasteiger partial charge in [-0.1, -0.05) is 0 Å². The van der Waals surface area contributed by atoms with Gasteiger partial charge in [-0.25, -0.2) is 9.88 Å². The normalized spacial score (nSPS) is 14.8. The molecule has 10 nitrogen and oxygen atoms in total. The molecule has 26 heavy (non-hydrogen) atoms. The van der Waals surface area contributed by atoms with Gasteiger partial charge in [0.25, 0.3) is 14.1 Å². The van der Waals surface area contributed by atoms with Crippen LogP contribution in [0.1, 0.15) is 27.2 Å². The summed E-state index contributed by atoms with van der Waals surface area (Å²) in [6.45, 7) is 5.41. The lowest BCUT2D eigenvalue weighted by Crippen LogP contribution is -2.34. The third kappa shape index (κ3) is 8.20. The lowest BCUT2D eigenvalue weighted by molar-refractivity contribution is -0.149. The summed E-state index contributed by atoms with van der Waals surface area (Å²) in [7, 11) is -0.553. The van der Waals surface area contributed by atoms with E-state index in [1.165, 1.54) is 23.9 Å². The molecule has 1 aromatic rings. The molecule has 0 bridgehead atoms. The lowest BCUT2D eigenvalue weighted by Gasteiger charge is -2.21. The van der Waals surface area contributed by atoms with E-state index in [2.05, 4.69) is 10.1 Å². The first-order valence-electron chi connectivity index (χ1n) is 8.14. The summed E-state index contributed by atoms with van der Waals surface area (Å²) in [5.74, 6) is -0.481. The average Bonchev–Trinajstić information content (AvgIpc) is 2.55. The number of carbonyl (C=O) groups excluding carboxylic acids is 1. The number of H-pyrrole nitrogens is 1. The van der Waals surface area contributed by atoms with Crippen molar-refractivity contribution in [2.45, 2.75) is 52.0 Å². The molecule has 0 aliphatic carbocycles. The smallest absolute Gasteiger partial charge is 0.328 e. The number of hydrogen-bond donors (Lipinski definition) is 3. The van der Waals surface area contributed by atoms with Crippen molar-refractivity contribution in [2.75, 3.05) is 13.7 Å². The average molecular weight is 391 g/mol. The Hall–Kier alpha value is -1.58. The summed E-state index contributed by atoms with van der Waals surface area (Å²) >= 11 is 0. The molecule has 0 radical (unpaired) electrons. The molecule has 0 saturated carbocycles. The van der Waals surface area contributed by atoms with Crippen LogP contribution in [0.2, 0.25) is 0 Å². The van der Waals surface area contributed by atoms with E-state index < -0.39 is 31.8 Å². The minimum Gasteiger partial charge on any atom is -0.462 e. The highest BCUT2D eigenvalue weighted by Gasteiger charge is 2.21. The lowest BCUT2D eigenvalue weighted by atomic mass is 10.2. The minimum atomic E-state index is -2.04. The zero-order chi connectivity index (χ0) is 19.7. The number of nitrogens with one attached hydrogen (secondary N) is 2. The Balaban J connectivity index is 2.41. The van der Waals surface area contributed by atoms with Gasteiger partial charge in [0.2, 0.25) is 0 Å². The van der Waals surface area contributed by atoms with Crippen LogP contribution < -0.4 is 16.3 Å². The monoisotopic (exact) mass is 391 g/mol. The Bertz CT molecular complexity index is 676. The van der Waals surface area contributed by atoms with Crippen LogP contribution in [-0.2, 0) is 25.3 Å². The maximum atomic E-state index is 11.7. The van der Waals surface area contributed by atoms with Gasteiger partial charge >= 0.3 is 11.7 Å². The Morgan fingerprint density at radius 2 is 2.08 bits per heavy atom. The fourth-order valence-corrected chi connectivity index (χ4v) is 2.74. The predicted octanol–water partition coefficient (Wildman–Crippen LogP) is 0.107. The minimum absolute atomic E-state index is 0.0652. The number of esters is 1. The number of ether oxygens (including phenoxy) is 2. The second-order valence-corrected chi connectivity index (χ2v) is 6.92. The second kappa shape index (κ2) is 11.2. The summed E-state index contributed by atoms with van der Waals surface area (Å²) in [5, 5.41) is 2.63. The highest BCUT2D eigenvalue weighted by molar-refractivity contribution is 7.43. The first-order chi connectivity index (χ1) is 12.2. The molecule has 1 heterocycles. The molecule has 0 aliphatic rings. The maximum absolute atomic E-state index is 11.7. The van der Waals surface area contributed by atoms with Gasteiger partial charge in [-0.3, -0.25) is 14.6 Å². The van der Waals surface area contributed by atoms with Crippen molar-refractivity contribution in [1.82, 2.24) is 14.6 Å². The van der Waals surface area contributed by atoms with Crippen molar-refractivity contribution in [2.24, 2.45) is 0 Å². The van der Waals surface area contributed by atoms with Gasteiger partial charge in [0.1, 0.15) is 6.04 Å². The molecule has 148 valence electrons. The predicted molar refractivity (Wildman–Crippen MR) is 95.7 cm³/mol. The van der Waals surface area contributed by atoms with Gasteiger partial charge in [0.15, 0.2) is 0 Å². The first kappa shape index (κ1) is 22.5. The SMILES string of the molecule is COC(CCn1ccc(=O)[nH]c1=O)COP(O)NC(C)C(=O)OC(C)C. The molecule has 3 unspecified atom stereocenters. The number of methoxy groups -OCH3 is 1. The number of aromatic nitrogens is 2. The Labute approximate surface area is 152 Å². The Morgan fingerprint density at radius 1 is 1.38 bits per heavy atom. The standard InChI is InChI=1S/C15H26N3O7P/c1-10(2)25-14(20)11(3)17-26(22)24-9-12(23-4)5-7-18-8-6-13(19)16-15(18)21/h6,8,10-12,17,22H,5,7,9H2,1-4H3,(H,16,19,21). The number of aryl methyl sites for hydroxylation is 1. The van der Waals surface area contributed by atoms with Crippen LogP contribution in [-0.4, -0.2) is 52.4 Å². The largest absolute Gasteiger partial charge is 0.462 e. The van der Waals surface area contributed by atoms with Gasteiger partial charge in [-0.15, -0.1) is 0 Å². The first-order valence-corrected chi connectivity index (χ1v) is 9.35. The molecule has 0 amide bonds. The van der Waals surface area contributed by atoms with E-state index in [0.717, 1.165) is 0 Å². The number of rotatable bonds is 11. The molecule has 11 heteroatoms. The molecular weight excluding hydrogens is 365 g/mol. The molecular formula is C15H26N3O7P. The van der Waals surface area contributed by atoms with Gasteiger partial charge in [-0.05, 0) is 27.2 Å². The number of hydrogen-bond acceptors (Lipinski definition) is 8. The van der Waals surface area contributed by atoms with Crippen LogP contribution in [0.3, 0.4) is 0 Å². The van der Waals surface area contributed by atoms with Gasteiger partial charge in [0, 0.05) is 25.9 Å². The fraction of sp³-hybridized carbons (Fsp3) is 0.667. The van der Waals surface area contributed by atoms with Crippen molar-refractivity contribution < 1.29 is 23.7 Å². The number of carbonyl (C=O) groups is 1. The number of nitrogens with zero attached hydrogens (tertiary/aromatic N) is 1. The van der Waals surface area contributed by atoms with E-state index in [0.29, 0.717) is 13.0 Å². The van der Waals surface area contributed by atoms with Crippen LogP contribution in [0.15, 0.2) is 21.9 Å². The van der Waals surface area contributed by atoms with Crippen LogP contribution >= 0.6 is 8.53 Å². The van der Waals surface area contributed by atoms with Crippen molar-refractivity contribution in [3.8, 4) is 0 Å². The topological polar surface area (TPSA) is 132 Å². The maximum Gasteiger partial charge on any atom is 0.328 e. The number of aromatic amines is 1. The van der Waals surface area contributed by atoms with Crippen molar-refractivity contribution >= 4 is 14.5 Å². The summed E-state index contributed by atoms with van der Waals surface area (Å²) in [6.07, 6.45) is 1.20. The fourth-order valence-electron chi connectivity index (χ4n) is 1.92. The van der Waals surface area contributed by atoms with E-state index in [-0.39, 0.29) is 18.8 Å². The molecule has 3 N–H and O–H groups in total. The van der Waals surface area contributed by atoms with Crippen LogP contribution in [0, 0.1) is 0 Å². The Kier molecular flexibility index (Phi) is 9.68. The van der Waals surface area contributed by atoms with E-state index >= 15 is 0 Å². The van der Waals surface area contributed by atoms with Gasteiger partial charge in [0.05, 0.1) is 18.8 Å². The molecule has 0 fully saturated rings. The molecule has 1 aromatic heterocycles. The van der Waals surface area contributed by atoms with Gasteiger partial charge in [-0.2, -0.15) is 0 Å². The van der Waals surface area contributed by atoms with Crippen molar-refractivity contribution in [3.05, 3.63) is 33.1 Å². The van der Waals surface area contributed by atoms with E-state index in [1.54, 1.807) is 20.8 Å². The zero-order valence-electron chi connectivity index (χ0n) is 15.3. The quantitative estimate of drug-likeness (QED) is 0.358. The molecule has 0 saturated heterocycles. The summed E-state index contributed by atoms with van der Waals surface area (Å²) in [5.41, 5.74) is -0.961. The summed E-state index contributed by atoms with van der Waals surface area (Å²) in [6, 6.07) is 0.544. The van der Waals surface area contributed by atoms with Crippen molar-refractivity contribution in [1.29, 1.82) is 0 Å². The highest BCUT2D eigenvalue weighted by Crippen LogP contribution is 2.27. The van der Waals surface area contributed by atoms with Crippen LogP contribution in [0.4, 0.5) is 0 Å². The zero-order valence-corrected chi connectivity index (χ0v) is 16.2. The summed E-state index contributed by atoms with van der Waals surface area (Å²) < 4.78 is 16.9. The van der Waals surface area contributed by atoms with Gasteiger partial charge < -0.3 is 23.5 Å². The van der Waals surface area contributed by atoms with E-state index in [4.69, 9.17) is 14.0 Å². The second-order valence-electron chi connectivity index (χ2n) is 5.86. The molecule has 1 rings (SSSR count). The third-order valence-corrected chi connectivity index (χ3v) is 4.32. The summed E-state index contributed by atoms with van der Waals surface area (Å²) in [4.78, 5) is 46.4. The van der Waals surface area contributed by atoms with E-state index in [9.17, 15) is 19.3 Å². The van der Waals surface area contributed by atoms with Crippen molar-refractivity contribution in [3.63, 3.8) is 0 Å².